The Morgan fingerprint density at radius 3 is 2.53 bits per heavy atom. The molecule has 168 valence electrons. The molecular weight excluding hydrogens is 398 g/mol. The highest BCUT2D eigenvalue weighted by atomic mass is 16.1. The van der Waals surface area contributed by atoms with Crippen LogP contribution in [0.15, 0.2) is 47.6 Å². The summed E-state index contributed by atoms with van der Waals surface area (Å²) in [4.78, 5) is 17.7. The van der Waals surface area contributed by atoms with Gasteiger partial charge >= 0.3 is 0 Å². The van der Waals surface area contributed by atoms with Gasteiger partial charge in [0.2, 0.25) is 5.96 Å². The van der Waals surface area contributed by atoms with Gasteiger partial charge in [-0.1, -0.05) is 25.1 Å². The van der Waals surface area contributed by atoms with Crippen molar-refractivity contribution < 1.29 is 4.79 Å². The average Bonchev–Trinajstić information content (AvgIpc) is 3.10. The van der Waals surface area contributed by atoms with Crippen molar-refractivity contribution in [1.82, 2.24) is 15.1 Å². The van der Waals surface area contributed by atoms with Gasteiger partial charge in [-0.15, -0.1) is 0 Å². The number of nitrogens with one attached hydrogen (secondary N) is 2. The number of guanidine groups is 1. The fourth-order valence-electron chi connectivity index (χ4n) is 3.41. The molecule has 3 rings (SSSR count). The third-order valence-corrected chi connectivity index (χ3v) is 5.77. The number of rotatable bonds is 6. The van der Waals surface area contributed by atoms with Gasteiger partial charge in [0, 0.05) is 29.6 Å². The molecule has 1 aromatic heterocycles. The molecule has 0 spiro atoms. The van der Waals surface area contributed by atoms with Crippen molar-refractivity contribution in [1.29, 1.82) is 0 Å². The van der Waals surface area contributed by atoms with E-state index in [-0.39, 0.29) is 5.91 Å². The number of amides is 1. The van der Waals surface area contributed by atoms with Gasteiger partial charge in [-0.2, -0.15) is 5.10 Å². The third-order valence-electron chi connectivity index (χ3n) is 5.77. The SMILES string of the molecule is CCCn1cc(CN=C(NC(=O)c2ccc(C)c(C)c2)Nc2cccc(C)c2C)c(C)n1. The third kappa shape index (κ3) is 5.63. The number of anilines is 1. The molecule has 6 heteroatoms. The van der Waals surface area contributed by atoms with Crippen LogP contribution in [0.25, 0.3) is 0 Å². The van der Waals surface area contributed by atoms with Crippen LogP contribution in [0.3, 0.4) is 0 Å². The molecule has 0 bridgehead atoms. The maximum Gasteiger partial charge on any atom is 0.257 e. The molecule has 0 aliphatic heterocycles. The normalized spacial score (nSPS) is 11.5. The largest absolute Gasteiger partial charge is 0.326 e. The zero-order chi connectivity index (χ0) is 23.3. The average molecular weight is 432 g/mol. The predicted octanol–water partition coefficient (Wildman–Crippen LogP) is 5.23. The van der Waals surface area contributed by atoms with Crippen LogP contribution in [0.1, 0.15) is 57.2 Å². The Balaban J connectivity index is 1.87. The lowest BCUT2D eigenvalue weighted by Gasteiger charge is -2.15. The first-order chi connectivity index (χ1) is 15.3. The molecule has 0 saturated heterocycles. The van der Waals surface area contributed by atoms with Crippen LogP contribution in [0.4, 0.5) is 5.69 Å². The first-order valence-electron chi connectivity index (χ1n) is 11.1. The van der Waals surface area contributed by atoms with Gasteiger partial charge in [0.05, 0.1) is 12.2 Å². The maximum atomic E-state index is 13.0. The highest BCUT2D eigenvalue weighted by molar-refractivity contribution is 6.10. The summed E-state index contributed by atoms with van der Waals surface area (Å²) in [5, 5.41) is 10.9. The zero-order valence-corrected chi connectivity index (χ0v) is 19.9. The molecule has 32 heavy (non-hydrogen) atoms. The van der Waals surface area contributed by atoms with Crippen LogP contribution in [0.5, 0.6) is 0 Å². The molecular formula is C26H33N5O. The van der Waals surface area contributed by atoms with Gasteiger partial charge in [-0.3, -0.25) is 14.8 Å². The van der Waals surface area contributed by atoms with E-state index in [9.17, 15) is 4.79 Å². The number of aromatic nitrogens is 2. The lowest BCUT2D eigenvalue weighted by molar-refractivity contribution is 0.0977. The Labute approximate surface area is 190 Å². The molecule has 0 radical (unpaired) electrons. The van der Waals surface area contributed by atoms with Gasteiger partial charge in [0.25, 0.3) is 5.91 Å². The van der Waals surface area contributed by atoms with E-state index >= 15 is 0 Å². The number of hydrogen-bond acceptors (Lipinski definition) is 3. The standard InChI is InChI=1S/C26H33N5O/c1-7-13-31-16-23(21(6)30-31)15-27-26(28-24-10-8-9-18(3)20(24)5)29-25(32)22-12-11-17(2)19(4)14-22/h8-12,14,16H,7,13,15H2,1-6H3,(H2,27,28,29,32). The van der Waals surface area contributed by atoms with Gasteiger partial charge in [0.15, 0.2) is 0 Å². The highest BCUT2D eigenvalue weighted by Crippen LogP contribution is 2.18. The monoisotopic (exact) mass is 431 g/mol. The molecule has 0 aliphatic rings. The predicted molar refractivity (Wildman–Crippen MR) is 131 cm³/mol. The van der Waals surface area contributed by atoms with E-state index in [0.717, 1.165) is 46.6 Å². The fourth-order valence-corrected chi connectivity index (χ4v) is 3.41. The van der Waals surface area contributed by atoms with Crippen molar-refractivity contribution in [2.24, 2.45) is 4.99 Å². The van der Waals surface area contributed by atoms with E-state index in [0.29, 0.717) is 18.1 Å². The summed E-state index contributed by atoms with van der Waals surface area (Å²) in [7, 11) is 0. The number of aliphatic imine (C=N–C) groups is 1. The molecule has 2 aromatic carbocycles. The second-order valence-corrected chi connectivity index (χ2v) is 8.29. The molecule has 6 nitrogen and oxygen atoms in total. The van der Waals surface area contributed by atoms with E-state index in [1.54, 1.807) is 0 Å². The molecule has 2 N–H and O–H groups in total. The Morgan fingerprint density at radius 2 is 1.81 bits per heavy atom. The highest BCUT2D eigenvalue weighted by Gasteiger charge is 2.13. The Kier molecular flexibility index (Phi) is 7.46. The lowest BCUT2D eigenvalue weighted by Crippen LogP contribution is -2.36. The maximum absolute atomic E-state index is 13.0. The van der Waals surface area contributed by atoms with Gasteiger partial charge in [0.1, 0.15) is 0 Å². The molecule has 0 saturated carbocycles. The summed E-state index contributed by atoms with van der Waals surface area (Å²) in [5.41, 5.74) is 8.05. The van der Waals surface area contributed by atoms with Crippen molar-refractivity contribution in [2.75, 3.05) is 5.32 Å². The minimum Gasteiger partial charge on any atom is -0.326 e. The van der Waals surface area contributed by atoms with Gasteiger partial charge in [-0.25, -0.2) is 4.99 Å². The summed E-state index contributed by atoms with van der Waals surface area (Å²) in [5.74, 6) is 0.229. The van der Waals surface area contributed by atoms with Gasteiger partial charge < -0.3 is 5.32 Å². The molecule has 0 aliphatic carbocycles. The van der Waals surface area contributed by atoms with Crippen LogP contribution in [0, 0.1) is 34.6 Å². The van der Waals surface area contributed by atoms with E-state index in [2.05, 4.69) is 42.6 Å². The van der Waals surface area contributed by atoms with Crippen LogP contribution in [-0.2, 0) is 13.1 Å². The Bertz CT molecular complexity index is 1140. The van der Waals surface area contributed by atoms with E-state index in [1.165, 1.54) is 5.56 Å². The second-order valence-electron chi connectivity index (χ2n) is 8.29. The quantitative estimate of drug-likeness (QED) is 0.414. The van der Waals surface area contributed by atoms with Crippen molar-refractivity contribution in [2.45, 2.75) is 61.1 Å². The summed E-state index contributed by atoms with van der Waals surface area (Å²) in [6.07, 6.45) is 3.05. The molecule has 0 fully saturated rings. The number of carbonyl (C=O) groups is 1. The smallest absolute Gasteiger partial charge is 0.257 e. The number of carbonyl (C=O) groups excluding carboxylic acids is 1. The molecule has 0 atom stereocenters. The van der Waals surface area contributed by atoms with Crippen molar-refractivity contribution in [3.05, 3.63) is 81.7 Å². The lowest BCUT2D eigenvalue weighted by atomic mass is 10.1. The summed E-state index contributed by atoms with van der Waals surface area (Å²) >= 11 is 0. The van der Waals surface area contributed by atoms with Crippen molar-refractivity contribution >= 4 is 17.6 Å². The van der Waals surface area contributed by atoms with E-state index < -0.39 is 0 Å². The molecule has 0 unspecified atom stereocenters. The van der Waals surface area contributed by atoms with Crippen LogP contribution in [0.2, 0.25) is 0 Å². The topological polar surface area (TPSA) is 71.3 Å². The first-order valence-corrected chi connectivity index (χ1v) is 11.1. The van der Waals surface area contributed by atoms with Crippen LogP contribution >= 0.6 is 0 Å². The number of aryl methyl sites for hydroxylation is 5. The minimum absolute atomic E-state index is 0.192. The van der Waals surface area contributed by atoms with Crippen LogP contribution < -0.4 is 10.6 Å². The van der Waals surface area contributed by atoms with Gasteiger partial charge in [-0.05, 0) is 81.5 Å². The van der Waals surface area contributed by atoms with Crippen molar-refractivity contribution in [3.63, 3.8) is 0 Å². The zero-order valence-electron chi connectivity index (χ0n) is 19.9. The summed E-state index contributed by atoms with van der Waals surface area (Å²) < 4.78 is 1.95. The van der Waals surface area contributed by atoms with E-state index in [4.69, 9.17) is 4.99 Å². The van der Waals surface area contributed by atoms with Crippen molar-refractivity contribution in [3.8, 4) is 0 Å². The summed E-state index contributed by atoms with van der Waals surface area (Å²) in [6, 6.07) is 11.8. The van der Waals surface area contributed by atoms with E-state index in [1.807, 2.05) is 62.0 Å². The fraction of sp³-hybridized carbons (Fsp3) is 0.346. The Hall–Kier alpha value is -3.41. The number of nitrogens with zero attached hydrogens (tertiary/aromatic N) is 3. The number of benzene rings is 2. The summed E-state index contributed by atoms with van der Waals surface area (Å²) in [6.45, 7) is 13.6. The second kappa shape index (κ2) is 10.3. The minimum atomic E-state index is -0.192. The molecule has 3 aromatic rings. The number of hydrogen-bond donors (Lipinski definition) is 2. The molecule has 1 amide bonds. The van der Waals surface area contributed by atoms with Crippen LogP contribution in [-0.4, -0.2) is 21.6 Å². The Morgan fingerprint density at radius 1 is 1.03 bits per heavy atom. The molecule has 1 heterocycles. The first kappa shape index (κ1) is 23.3.